The fourth-order valence-electron chi connectivity index (χ4n) is 4.04. The Labute approximate surface area is 162 Å². The number of piperazine rings is 1. The van der Waals surface area contributed by atoms with Crippen molar-refractivity contribution in [3.05, 3.63) is 18.7 Å². The zero-order valence-electron chi connectivity index (χ0n) is 16.8. The number of hydrogen-bond acceptors (Lipinski definition) is 4. The molecule has 8 nitrogen and oxygen atoms in total. The average Bonchev–Trinajstić information content (AvgIpc) is 3.21. The molecule has 0 radical (unpaired) electrons. The van der Waals surface area contributed by atoms with Crippen LogP contribution in [0.5, 0.6) is 0 Å². The molecule has 1 aromatic heterocycles. The zero-order valence-corrected chi connectivity index (χ0v) is 16.8. The maximum Gasteiger partial charge on any atom is 0.219 e. The number of rotatable bonds is 4. The number of imidazole rings is 1. The fraction of sp³-hybridized carbons (Fsp3) is 0.737. The Balaban J connectivity index is 1.46. The Morgan fingerprint density at radius 1 is 1.22 bits per heavy atom. The number of carbonyl (C=O) groups is 1. The number of guanidine groups is 1. The number of amides is 1. The van der Waals surface area contributed by atoms with Crippen LogP contribution < -0.4 is 5.32 Å². The van der Waals surface area contributed by atoms with Gasteiger partial charge in [-0.25, -0.2) is 4.98 Å². The lowest BCUT2D eigenvalue weighted by Gasteiger charge is -2.39. The van der Waals surface area contributed by atoms with Gasteiger partial charge in [0.15, 0.2) is 5.96 Å². The van der Waals surface area contributed by atoms with E-state index in [1.54, 1.807) is 6.92 Å². The molecule has 8 heteroatoms. The number of aliphatic imine (C=N–C) groups is 1. The van der Waals surface area contributed by atoms with Gasteiger partial charge in [0.1, 0.15) is 0 Å². The molecule has 27 heavy (non-hydrogen) atoms. The summed E-state index contributed by atoms with van der Waals surface area (Å²) in [4.78, 5) is 26.8. The summed E-state index contributed by atoms with van der Waals surface area (Å²) < 4.78 is 2.22. The van der Waals surface area contributed by atoms with Crippen LogP contribution in [0.15, 0.2) is 23.7 Å². The molecule has 2 atom stereocenters. The number of likely N-dealkylation sites (tertiary alicyclic amines) is 1. The molecule has 0 aliphatic carbocycles. The van der Waals surface area contributed by atoms with Crippen molar-refractivity contribution >= 4 is 11.9 Å². The van der Waals surface area contributed by atoms with Gasteiger partial charge in [0.05, 0.1) is 12.4 Å². The molecular formula is C19H33N7O. The number of nitrogens with zero attached hydrogens (tertiary/aromatic N) is 6. The van der Waals surface area contributed by atoms with Crippen molar-refractivity contribution in [3.8, 4) is 0 Å². The summed E-state index contributed by atoms with van der Waals surface area (Å²) in [5.74, 6) is 1.79. The molecule has 0 bridgehead atoms. The number of nitrogens with one attached hydrogen (secondary N) is 1. The molecule has 2 fully saturated rings. The SMILES string of the molecule is CN=C(NCCN1CCN(C(C)=O)CC1)N1CCC(C)C(n2ccnc2)C1. The van der Waals surface area contributed by atoms with E-state index in [4.69, 9.17) is 0 Å². The first-order valence-corrected chi connectivity index (χ1v) is 9.99. The van der Waals surface area contributed by atoms with Gasteiger partial charge in [0.25, 0.3) is 0 Å². The third kappa shape index (κ3) is 5.00. The van der Waals surface area contributed by atoms with Crippen LogP contribution in [0.2, 0.25) is 0 Å². The van der Waals surface area contributed by atoms with E-state index in [1.165, 1.54) is 0 Å². The molecular weight excluding hydrogens is 342 g/mol. The summed E-state index contributed by atoms with van der Waals surface area (Å²) in [5.41, 5.74) is 0. The van der Waals surface area contributed by atoms with Crippen molar-refractivity contribution < 1.29 is 4.79 Å². The van der Waals surface area contributed by atoms with E-state index in [0.717, 1.165) is 64.7 Å². The molecule has 0 aromatic carbocycles. The second-order valence-corrected chi connectivity index (χ2v) is 7.61. The van der Waals surface area contributed by atoms with Crippen molar-refractivity contribution in [2.24, 2.45) is 10.9 Å². The van der Waals surface area contributed by atoms with Gasteiger partial charge in [-0.15, -0.1) is 0 Å². The normalized spacial score (nSPS) is 24.9. The maximum atomic E-state index is 11.4. The van der Waals surface area contributed by atoms with Crippen LogP contribution >= 0.6 is 0 Å². The van der Waals surface area contributed by atoms with Crippen molar-refractivity contribution in [1.82, 2.24) is 29.6 Å². The predicted octanol–water partition coefficient (Wildman–Crippen LogP) is 0.506. The molecule has 2 unspecified atom stereocenters. The summed E-state index contributed by atoms with van der Waals surface area (Å²) in [6.07, 6.45) is 6.98. The second kappa shape index (κ2) is 9.21. The Kier molecular flexibility index (Phi) is 6.71. The van der Waals surface area contributed by atoms with Crippen LogP contribution in [0, 0.1) is 5.92 Å². The highest BCUT2D eigenvalue weighted by atomic mass is 16.2. The smallest absolute Gasteiger partial charge is 0.219 e. The fourth-order valence-corrected chi connectivity index (χ4v) is 4.04. The van der Waals surface area contributed by atoms with Gasteiger partial charge in [-0.1, -0.05) is 6.92 Å². The molecule has 0 saturated carbocycles. The molecule has 2 saturated heterocycles. The minimum absolute atomic E-state index is 0.181. The lowest BCUT2D eigenvalue weighted by Crippen LogP contribution is -2.52. The Hall–Kier alpha value is -2.09. The van der Waals surface area contributed by atoms with Gasteiger partial charge in [0.2, 0.25) is 5.91 Å². The molecule has 1 N–H and O–H groups in total. The van der Waals surface area contributed by atoms with E-state index in [-0.39, 0.29) is 5.91 Å². The van der Waals surface area contributed by atoms with Crippen molar-refractivity contribution in [2.75, 3.05) is 59.4 Å². The molecule has 1 aromatic rings. The van der Waals surface area contributed by atoms with Crippen molar-refractivity contribution in [2.45, 2.75) is 26.3 Å². The Morgan fingerprint density at radius 2 is 2.00 bits per heavy atom. The highest BCUT2D eigenvalue weighted by Gasteiger charge is 2.29. The second-order valence-electron chi connectivity index (χ2n) is 7.61. The first kappa shape index (κ1) is 19.7. The van der Waals surface area contributed by atoms with Crippen LogP contribution in [0.1, 0.15) is 26.3 Å². The summed E-state index contributed by atoms with van der Waals surface area (Å²) in [6, 6.07) is 0.430. The molecule has 3 rings (SSSR count). The molecule has 2 aliphatic heterocycles. The van der Waals surface area contributed by atoms with Crippen molar-refractivity contribution in [3.63, 3.8) is 0 Å². The standard InChI is InChI=1S/C19H33N7O/c1-16-4-7-25(14-18(16)26-9-5-21-15-26)19(20-3)22-6-8-23-10-12-24(13-11-23)17(2)27/h5,9,15-16,18H,4,6-8,10-14H2,1-3H3,(H,20,22). The Morgan fingerprint density at radius 3 is 2.63 bits per heavy atom. The van der Waals surface area contributed by atoms with E-state index in [2.05, 4.69) is 42.8 Å². The maximum absolute atomic E-state index is 11.4. The number of piperidine rings is 1. The van der Waals surface area contributed by atoms with Gasteiger partial charge in [-0.05, 0) is 12.3 Å². The van der Waals surface area contributed by atoms with E-state index >= 15 is 0 Å². The molecule has 0 spiro atoms. The minimum atomic E-state index is 0.181. The number of aromatic nitrogens is 2. The van der Waals surface area contributed by atoms with Crippen LogP contribution in [0.3, 0.4) is 0 Å². The van der Waals surface area contributed by atoms with Gasteiger partial charge < -0.3 is 19.7 Å². The summed E-state index contributed by atoms with van der Waals surface area (Å²) >= 11 is 0. The van der Waals surface area contributed by atoms with E-state index < -0.39 is 0 Å². The first-order chi connectivity index (χ1) is 13.1. The quantitative estimate of drug-likeness (QED) is 0.613. The largest absolute Gasteiger partial charge is 0.355 e. The van der Waals surface area contributed by atoms with Crippen molar-refractivity contribution in [1.29, 1.82) is 0 Å². The molecule has 3 heterocycles. The third-order valence-electron chi connectivity index (χ3n) is 5.87. The summed E-state index contributed by atoms with van der Waals surface area (Å²) in [5, 5.41) is 3.53. The minimum Gasteiger partial charge on any atom is -0.355 e. The predicted molar refractivity (Wildman–Crippen MR) is 107 cm³/mol. The van der Waals surface area contributed by atoms with E-state index in [0.29, 0.717) is 12.0 Å². The average molecular weight is 376 g/mol. The highest BCUT2D eigenvalue weighted by molar-refractivity contribution is 5.80. The lowest BCUT2D eigenvalue weighted by molar-refractivity contribution is -0.130. The van der Waals surface area contributed by atoms with Gasteiger partial charge in [0, 0.05) is 78.7 Å². The third-order valence-corrected chi connectivity index (χ3v) is 5.87. The monoisotopic (exact) mass is 375 g/mol. The van der Waals surface area contributed by atoms with Crippen LogP contribution in [0.4, 0.5) is 0 Å². The summed E-state index contributed by atoms with van der Waals surface area (Å²) in [6.45, 7) is 11.4. The summed E-state index contributed by atoms with van der Waals surface area (Å²) in [7, 11) is 1.86. The van der Waals surface area contributed by atoms with Gasteiger partial charge in [-0.3, -0.25) is 14.7 Å². The number of hydrogen-bond donors (Lipinski definition) is 1. The van der Waals surface area contributed by atoms with Gasteiger partial charge in [-0.2, -0.15) is 0 Å². The Bertz CT molecular complexity index is 622. The highest BCUT2D eigenvalue weighted by Crippen LogP contribution is 2.27. The first-order valence-electron chi connectivity index (χ1n) is 9.99. The lowest BCUT2D eigenvalue weighted by atomic mass is 9.93. The molecule has 150 valence electrons. The number of carbonyl (C=O) groups excluding carboxylic acids is 1. The zero-order chi connectivity index (χ0) is 19.2. The van der Waals surface area contributed by atoms with E-state index in [9.17, 15) is 4.79 Å². The van der Waals surface area contributed by atoms with Crippen LogP contribution in [0.25, 0.3) is 0 Å². The molecule has 2 aliphatic rings. The van der Waals surface area contributed by atoms with Crippen LogP contribution in [-0.4, -0.2) is 95.5 Å². The topological polar surface area (TPSA) is 69.0 Å². The molecule has 1 amide bonds. The van der Waals surface area contributed by atoms with Crippen LogP contribution in [-0.2, 0) is 4.79 Å². The van der Waals surface area contributed by atoms with Gasteiger partial charge >= 0.3 is 0 Å². The van der Waals surface area contributed by atoms with E-state index in [1.807, 2.05) is 24.5 Å².